The summed E-state index contributed by atoms with van der Waals surface area (Å²) in [6.07, 6.45) is 3.20. The highest BCUT2D eigenvalue weighted by Gasteiger charge is 2.13. The van der Waals surface area contributed by atoms with Gasteiger partial charge in [0.25, 0.3) is 0 Å². The molecule has 1 aliphatic heterocycles. The SMILES string of the molecule is CC.O=CNCC1CCCO1. The fourth-order valence-electron chi connectivity index (χ4n) is 0.985. The molecule has 1 amide bonds. The molecular formula is C8H17NO2. The molecule has 1 heterocycles. The van der Waals surface area contributed by atoms with Crippen molar-refractivity contribution in [2.75, 3.05) is 13.2 Å². The van der Waals surface area contributed by atoms with E-state index in [9.17, 15) is 4.79 Å². The summed E-state index contributed by atoms with van der Waals surface area (Å²) in [4.78, 5) is 9.79. The van der Waals surface area contributed by atoms with Crippen molar-refractivity contribution in [3.05, 3.63) is 0 Å². The van der Waals surface area contributed by atoms with E-state index in [-0.39, 0.29) is 6.10 Å². The largest absolute Gasteiger partial charge is 0.376 e. The van der Waals surface area contributed by atoms with Crippen molar-refractivity contribution in [3.63, 3.8) is 0 Å². The maximum Gasteiger partial charge on any atom is 0.207 e. The van der Waals surface area contributed by atoms with Gasteiger partial charge in [0.2, 0.25) is 6.41 Å². The van der Waals surface area contributed by atoms with Crippen molar-refractivity contribution in [2.24, 2.45) is 0 Å². The summed E-state index contributed by atoms with van der Waals surface area (Å²) in [5, 5.41) is 2.58. The monoisotopic (exact) mass is 159 g/mol. The number of amides is 1. The van der Waals surface area contributed by atoms with Crippen LogP contribution in [0.1, 0.15) is 26.7 Å². The normalized spacial score (nSPS) is 21.8. The van der Waals surface area contributed by atoms with E-state index < -0.39 is 0 Å². The Kier molecular flexibility index (Phi) is 7.15. The Morgan fingerprint density at radius 1 is 1.64 bits per heavy atom. The summed E-state index contributed by atoms with van der Waals surface area (Å²) < 4.78 is 5.23. The van der Waals surface area contributed by atoms with Crippen molar-refractivity contribution >= 4 is 6.41 Å². The second kappa shape index (κ2) is 7.54. The van der Waals surface area contributed by atoms with Crippen LogP contribution < -0.4 is 5.32 Å². The van der Waals surface area contributed by atoms with E-state index in [0.29, 0.717) is 13.0 Å². The van der Waals surface area contributed by atoms with Gasteiger partial charge < -0.3 is 10.1 Å². The molecule has 1 unspecified atom stereocenters. The lowest BCUT2D eigenvalue weighted by molar-refractivity contribution is -0.110. The number of rotatable bonds is 3. The van der Waals surface area contributed by atoms with Crippen LogP contribution in [0.15, 0.2) is 0 Å². The van der Waals surface area contributed by atoms with Gasteiger partial charge in [-0.3, -0.25) is 4.79 Å². The molecule has 0 aromatic heterocycles. The van der Waals surface area contributed by atoms with E-state index >= 15 is 0 Å². The summed E-state index contributed by atoms with van der Waals surface area (Å²) >= 11 is 0. The lowest BCUT2D eigenvalue weighted by Gasteiger charge is -2.05. The van der Waals surface area contributed by atoms with Crippen molar-refractivity contribution in [1.82, 2.24) is 5.32 Å². The van der Waals surface area contributed by atoms with Crippen molar-refractivity contribution < 1.29 is 9.53 Å². The van der Waals surface area contributed by atoms with Crippen molar-refractivity contribution in [3.8, 4) is 0 Å². The molecule has 0 aromatic carbocycles. The molecule has 66 valence electrons. The molecule has 1 aliphatic rings. The number of hydrogen-bond donors (Lipinski definition) is 1. The van der Waals surface area contributed by atoms with Gasteiger partial charge in [0.15, 0.2) is 0 Å². The van der Waals surface area contributed by atoms with Crippen LogP contribution in [0, 0.1) is 0 Å². The molecule has 0 aromatic rings. The average molecular weight is 159 g/mol. The predicted octanol–water partition coefficient (Wildman–Crippen LogP) is 0.938. The summed E-state index contributed by atoms with van der Waals surface area (Å²) in [5.74, 6) is 0. The Morgan fingerprint density at radius 2 is 2.36 bits per heavy atom. The molecule has 1 fully saturated rings. The molecule has 0 saturated carbocycles. The quantitative estimate of drug-likeness (QED) is 0.622. The van der Waals surface area contributed by atoms with Crippen molar-refractivity contribution in [1.29, 1.82) is 0 Å². The highest BCUT2D eigenvalue weighted by Crippen LogP contribution is 2.09. The smallest absolute Gasteiger partial charge is 0.207 e. The zero-order valence-electron chi connectivity index (χ0n) is 7.30. The maximum absolute atomic E-state index is 9.79. The van der Waals surface area contributed by atoms with Crippen LogP contribution in [0.2, 0.25) is 0 Å². The number of ether oxygens (including phenoxy) is 1. The Bertz CT molecular complexity index is 90.1. The second-order valence-electron chi connectivity index (χ2n) is 2.16. The van der Waals surface area contributed by atoms with Gasteiger partial charge in [0.05, 0.1) is 6.10 Å². The zero-order chi connectivity index (χ0) is 8.53. The average Bonchev–Trinajstić information content (AvgIpc) is 2.57. The van der Waals surface area contributed by atoms with Crippen LogP contribution in [0.3, 0.4) is 0 Å². The van der Waals surface area contributed by atoms with Crippen LogP contribution in [0.4, 0.5) is 0 Å². The maximum atomic E-state index is 9.79. The molecule has 1 rings (SSSR count). The third-order valence-corrected chi connectivity index (χ3v) is 1.45. The first-order valence-electron chi connectivity index (χ1n) is 4.22. The molecular weight excluding hydrogens is 142 g/mol. The number of nitrogens with one attached hydrogen (secondary N) is 1. The molecule has 1 atom stereocenters. The summed E-state index contributed by atoms with van der Waals surface area (Å²) in [6.45, 7) is 5.52. The molecule has 1 N–H and O–H groups in total. The van der Waals surface area contributed by atoms with E-state index in [1.807, 2.05) is 13.8 Å². The lowest BCUT2D eigenvalue weighted by atomic mass is 10.2. The van der Waals surface area contributed by atoms with Gasteiger partial charge in [-0.25, -0.2) is 0 Å². The second-order valence-corrected chi connectivity index (χ2v) is 2.16. The topological polar surface area (TPSA) is 38.3 Å². The first kappa shape index (κ1) is 10.4. The molecule has 3 heteroatoms. The van der Waals surface area contributed by atoms with E-state index in [0.717, 1.165) is 19.4 Å². The van der Waals surface area contributed by atoms with E-state index in [2.05, 4.69) is 5.32 Å². The zero-order valence-corrected chi connectivity index (χ0v) is 7.30. The lowest BCUT2D eigenvalue weighted by Crippen LogP contribution is -2.24. The Hall–Kier alpha value is -0.570. The Labute approximate surface area is 68.1 Å². The van der Waals surface area contributed by atoms with Gasteiger partial charge in [-0.05, 0) is 12.8 Å². The van der Waals surface area contributed by atoms with E-state index in [1.165, 1.54) is 0 Å². The fraction of sp³-hybridized carbons (Fsp3) is 0.875. The van der Waals surface area contributed by atoms with Gasteiger partial charge in [-0.1, -0.05) is 13.8 Å². The highest BCUT2D eigenvalue weighted by atomic mass is 16.5. The minimum absolute atomic E-state index is 0.273. The summed E-state index contributed by atoms with van der Waals surface area (Å²) in [7, 11) is 0. The molecule has 1 saturated heterocycles. The van der Waals surface area contributed by atoms with Crippen LogP contribution in [0.25, 0.3) is 0 Å². The minimum Gasteiger partial charge on any atom is -0.376 e. The minimum atomic E-state index is 0.273. The molecule has 3 nitrogen and oxygen atoms in total. The molecule has 0 radical (unpaired) electrons. The summed E-state index contributed by atoms with van der Waals surface area (Å²) in [6, 6.07) is 0. The standard InChI is InChI=1S/C6H11NO2.C2H6/c8-5-7-4-6-2-1-3-9-6;1-2/h5-6H,1-4H2,(H,7,8);1-2H3. The van der Waals surface area contributed by atoms with Crippen molar-refractivity contribution in [2.45, 2.75) is 32.8 Å². The first-order valence-corrected chi connectivity index (χ1v) is 4.22. The highest BCUT2D eigenvalue weighted by molar-refractivity contribution is 5.45. The first-order chi connectivity index (χ1) is 5.43. The molecule has 0 bridgehead atoms. The van der Waals surface area contributed by atoms with E-state index in [1.54, 1.807) is 0 Å². The predicted molar refractivity (Wildman–Crippen MR) is 44.4 cm³/mol. The van der Waals surface area contributed by atoms with Gasteiger partial charge in [-0.2, -0.15) is 0 Å². The third-order valence-electron chi connectivity index (χ3n) is 1.45. The van der Waals surface area contributed by atoms with Gasteiger partial charge in [0.1, 0.15) is 0 Å². The number of hydrogen-bond acceptors (Lipinski definition) is 2. The van der Waals surface area contributed by atoms with Gasteiger partial charge in [0, 0.05) is 13.2 Å². The van der Waals surface area contributed by atoms with Crippen LogP contribution >= 0.6 is 0 Å². The number of carbonyl (C=O) groups excluding carboxylic acids is 1. The molecule has 0 aliphatic carbocycles. The van der Waals surface area contributed by atoms with Crippen LogP contribution in [0.5, 0.6) is 0 Å². The number of carbonyl (C=O) groups is 1. The van der Waals surface area contributed by atoms with Gasteiger partial charge >= 0.3 is 0 Å². The fourth-order valence-corrected chi connectivity index (χ4v) is 0.985. The molecule has 11 heavy (non-hydrogen) atoms. The summed E-state index contributed by atoms with van der Waals surface area (Å²) in [5.41, 5.74) is 0. The Morgan fingerprint density at radius 3 is 2.82 bits per heavy atom. The van der Waals surface area contributed by atoms with E-state index in [4.69, 9.17) is 4.74 Å². The van der Waals surface area contributed by atoms with Crippen LogP contribution in [-0.2, 0) is 9.53 Å². The van der Waals surface area contributed by atoms with Crippen LogP contribution in [-0.4, -0.2) is 25.7 Å². The van der Waals surface area contributed by atoms with Gasteiger partial charge in [-0.15, -0.1) is 0 Å². The Balaban J connectivity index is 0.000000461. The third kappa shape index (κ3) is 4.79. The molecule has 0 spiro atoms.